The molecule has 1 aromatic heterocycles. The first-order valence-electron chi connectivity index (χ1n) is 8.62. The molecule has 27 heavy (non-hydrogen) atoms. The first kappa shape index (κ1) is 18.8. The Hall–Kier alpha value is -2.93. The minimum atomic E-state index is -0.343. The van der Waals surface area contributed by atoms with Gasteiger partial charge in [0.25, 0.3) is 5.88 Å². The van der Waals surface area contributed by atoms with E-state index in [-0.39, 0.29) is 5.97 Å². The van der Waals surface area contributed by atoms with Crippen LogP contribution in [0.5, 0.6) is 5.88 Å². The van der Waals surface area contributed by atoms with Gasteiger partial charge in [-0.25, -0.2) is 4.79 Å². The number of carbonyl (C=O) groups excluding carboxylic acids is 1. The van der Waals surface area contributed by atoms with Crippen LogP contribution in [0.4, 0.5) is 5.69 Å². The summed E-state index contributed by atoms with van der Waals surface area (Å²) in [6, 6.07) is 17.3. The number of hydrogen-bond acceptors (Lipinski definition) is 7. The molecule has 2 aromatic carbocycles. The molecule has 1 heterocycles. The summed E-state index contributed by atoms with van der Waals surface area (Å²) in [5.74, 6) is 0.221. The van der Waals surface area contributed by atoms with Crippen molar-refractivity contribution in [1.82, 2.24) is 8.75 Å². The topological polar surface area (TPSA) is 64.5 Å². The summed E-state index contributed by atoms with van der Waals surface area (Å²) < 4.78 is 19.3. The maximum atomic E-state index is 11.6. The van der Waals surface area contributed by atoms with Crippen LogP contribution in [0.2, 0.25) is 0 Å². The Morgan fingerprint density at radius 1 is 1.07 bits per heavy atom. The predicted octanol–water partition coefficient (Wildman–Crippen LogP) is 3.93. The highest BCUT2D eigenvalue weighted by atomic mass is 32.1. The molecule has 0 unspecified atom stereocenters. The molecule has 0 amide bonds. The number of hydrogen-bond donors (Lipinski definition) is 0. The SMILES string of the molecule is CCN(Cc1nsnc1OCc1ccccc1)c1ccc(C(=O)OC)cc1. The van der Waals surface area contributed by atoms with Crippen LogP contribution in [-0.2, 0) is 17.9 Å². The van der Waals surface area contributed by atoms with Crippen molar-refractivity contribution in [2.24, 2.45) is 0 Å². The lowest BCUT2D eigenvalue weighted by atomic mass is 10.2. The number of ether oxygens (including phenoxy) is 2. The molecule has 0 aliphatic heterocycles. The van der Waals surface area contributed by atoms with E-state index in [4.69, 9.17) is 9.47 Å². The summed E-state index contributed by atoms with van der Waals surface area (Å²) in [5.41, 5.74) is 3.41. The zero-order valence-electron chi connectivity index (χ0n) is 15.3. The van der Waals surface area contributed by atoms with Gasteiger partial charge >= 0.3 is 5.97 Å². The van der Waals surface area contributed by atoms with E-state index < -0.39 is 0 Å². The second kappa shape index (κ2) is 9.14. The minimum absolute atomic E-state index is 0.343. The molecular weight excluding hydrogens is 362 g/mol. The number of carbonyl (C=O) groups is 1. The van der Waals surface area contributed by atoms with Crippen molar-refractivity contribution < 1.29 is 14.3 Å². The van der Waals surface area contributed by atoms with Crippen molar-refractivity contribution >= 4 is 23.4 Å². The Kier molecular flexibility index (Phi) is 6.38. The van der Waals surface area contributed by atoms with Gasteiger partial charge in [0.1, 0.15) is 12.3 Å². The van der Waals surface area contributed by atoms with Crippen molar-refractivity contribution in [3.8, 4) is 5.88 Å². The van der Waals surface area contributed by atoms with Crippen molar-refractivity contribution in [3.05, 3.63) is 71.4 Å². The maximum Gasteiger partial charge on any atom is 0.337 e. The lowest BCUT2D eigenvalue weighted by Crippen LogP contribution is -2.22. The summed E-state index contributed by atoms with van der Waals surface area (Å²) in [7, 11) is 1.38. The summed E-state index contributed by atoms with van der Waals surface area (Å²) in [6.45, 7) is 3.89. The third-order valence-electron chi connectivity index (χ3n) is 4.12. The lowest BCUT2D eigenvalue weighted by molar-refractivity contribution is 0.0601. The molecule has 6 nitrogen and oxygen atoms in total. The molecule has 0 saturated heterocycles. The lowest BCUT2D eigenvalue weighted by Gasteiger charge is -2.22. The van der Waals surface area contributed by atoms with Gasteiger partial charge in [0.05, 0.1) is 30.9 Å². The summed E-state index contributed by atoms with van der Waals surface area (Å²) in [5, 5.41) is 0. The van der Waals surface area contributed by atoms with Crippen LogP contribution in [0.15, 0.2) is 54.6 Å². The summed E-state index contributed by atoms with van der Waals surface area (Å²) in [4.78, 5) is 13.7. The van der Waals surface area contributed by atoms with E-state index in [1.807, 2.05) is 42.5 Å². The fraction of sp³-hybridized carbons (Fsp3) is 0.250. The molecule has 0 radical (unpaired) electrons. The number of rotatable bonds is 8. The van der Waals surface area contributed by atoms with Gasteiger partial charge < -0.3 is 14.4 Å². The molecule has 3 rings (SSSR count). The Morgan fingerprint density at radius 2 is 1.81 bits per heavy atom. The highest BCUT2D eigenvalue weighted by Crippen LogP contribution is 2.23. The largest absolute Gasteiger partial charge is 0.471 e. The van der Waals surface area contributed by atoms with Crippen LogP contribution in [0, 0.1) is 0 Å². The van der Waals surface area contributed by atoms with Gasteiger partial charge in [-0.3, -0.25) is 0 Å². The fourth-order valence-electron chi connectivity index (χ4n) is 2.62. The van der Waals surface area contributed by atoms with Gasteiger partial charge in [-0.1, -0.05) is 30.3 Å². The van der Waals surface area contributed by atoms with E-state index in [9.17, 15) is 4.79 Å². The van der Waals surface area contributed by atoms with Crippen molar-refractivity contribution in [3.63, 3.8) is 0 Å². The third kappa shape index (κ3) is 4.83. The van der Waals surface area contributed by atoms with Crippen LogP contribution in [0.25, 0.3) is 0 Å². The molecule has 0 bridgehead atoms. The zero-order valence-corrected chi connectivity index (χ0v) is 16.1. The molecule has 0 spiro atoms. The number of anilines is 1. The van der Waals surface area contributed by atoms with Crippen LogP contribution in [-0.4, -0.2) is 28.4 Å². The van der Waals surface area contributed by atoms with Crippen molar-refractivity contribution in [1.29, 1.82) is 0 Å². The van der Waals surface area contributed by atoms with E-state index in [1.165, 1.54) is 7.11 Å². The second-order valence-electron chi connectivity index (χ2n) is 5.84. The van der Waals surface area contributed by atoms with E-state index >= 15 is 0 Å². The van der Waals surface area contributed by atoms with E-state index in [0.717, 1.165) is 35.2 Å². The Balaban J connectivity index is 1.68. The molecule has 0 aliphatic carbocycles. The van der Waals surface area contributed by atoms with Gasteiger partial charge in [-0.15, -0.1) is 4.37 Å². The van der Waals surface area contributed by atoms with Crippen LogP contribution in [0.3, 0.4) is 0 Å². The van der Waals surface area contributed by atoms with Gasteiger partial charge in [0, 0.05) is 12.2 Å². The van der Waals surface area contributed by atoms with Crippen LogP contribution in [0.1, 0.15) is 28.5 Å². The molecule has 0 saturated carbocycles. The Labute approximate surface area is 162 Å². The predicted molar refractivity (Wildman–Crippen MR) is 105 cm³/mol. The monoisotopic (exact) mass is 383 g/mol. The average molecular weight is 383 g/mol. The Morgan fingerprint density at radius 3 is 2.48 bits per heavy atom. The highest BCUT2D eigenvalue weighted by molar-refractivity contribution is 6.99. The Bertz CT molecular complexity index is 866. The number of esters is 1. The quantitative estimate of drug-likeness (QED) is 0.549. The van der Waals surface area contributed by atoms with Gasteiger partial charge in [0.2, 0.25) is 0 Å². The number of nitrogens with zero attached hydrogens (tertiary/aromatic N) is 3. The van der Waals surface area contributed by atoms with Crippen molar-refractivity contribution in [2.75, 3.05) is 18.6 Å². The molecular formula is C20H21N3O3S. The van der Waals surface area contributed by atoms with E-state index in [2.05, 4.69) is 20.6 Å². The summed E-state index contributed by atoms with van der Waals surface area (Å²) in [6.07, 6.45) is 0. The molecule has 0 aliphatic rings. The minimum Gasteiger partial charge on any atom is -0.471 e. The molecule has 0 N–H and O–H groups in total. The first-order valence-corrected chi connectivity index (χ1v) is 9.35. The van der Waals surface area contributed by atoms with Crippen LogP contribution >= 0.6 is 11.7 Å². The molecule has 3 aromatic rings. The van der Waals surface area contributed by atoms with E-state index in [0.29, 0.717) is 24.6 Å². The van der Waals surface area contributed by atoms with Crippen LogP contribution < -0.4 is 9.64 Å². The fourth-order valence-corrected chi connectivity index (χ4v) is 3.13. The standard InChI is InChI=1S/C20H21N3O3S/c1-3-23(17-11-9-16(10-12-17)20(24)25-2)13-18-19(22-27-21-18)26-14-15-7-5-4-6-8-15/h4-12H,3,13-14H2,1-2H3. The van der Waals surface area contributed by atoms with E-state index in [1.54, 1.807) is 12.1 Å². The molecule has 0 atom stereocenters. The molecule has 0 fully saturated rings. The van der Waals surface area contributed by atoms with Gasteiger partial charge in [0.15, 0.2) is 0 Å². The normalized spacial score (nSPS) is 10.4. The molecule has 7 heteroatoms. The van der Waals surface area contributed by atoms with Crippen molar-refractivity contribution in [2.45, 2.75) is 20.1 Å². The van der Waals surface area contributed by atoms with Gasteiger partial charge in [-0.05, 0) is 36.8 Å². The second-order valence-corrected chi connectivity index (χ2v) is 6.37. The number of aromatic nitrogens is 2. The average Bonchev–Trinajstić information content (AvgIpc) is 3.18. The first-order chi connectivity index (χ1) is 13.2. The zero-order chi connectivity index (χ0) is 19.1. The number of benzene rings is 2. The third-order valence-corrected chi connectivity index (χ3v) is 4.67. The van der Waals surface area contributed by atoms with Gasteiger partial charge in [-0.2, -0.15) is 4.37 Å². The smallest absolute Gasteiger partial charge is 0.337 e. The summed E-state index contributed by atoms with van der Waals surface area (Å²) >= 11 is 1.15. The number of methoxy groups -OCH3 is 1. The molecule has 140 valence electrons. The highest BCUT2D eigenvalue weighted by Gasteiger charge is 2.15. The maximum absolute atomic E-state index is 11.6.